The van der Waals surface area contributed by atoms with Crippen LogP contribution in [0.25, 0.3) is 11.1 Å². The Hall–Kier alpha value is -2.49. The van der Waals surface area contributed by atoms with Crippen LogP contribution in [0.3, 0.4) is 0 Å². The quantitative estimate of drug-likeness (QED) is 0.316. The first-order valence-electron chi connectivity index (χ1n) is 12.8. The lowest BCUT2D eigenvalue weighted by Gasteiger charge is -2.28. The molecule has 0 aliphatic heterocycles. The predicted molar refractivity (Wildman–Crippen MR) is 134 cm³/mol. The van der Waals surface area contributed by atoms with Crippen LogP contribution in [0.4, 0.5) is 0 Å². The van der Waals surface area contributed by atoms with Gasteiger partial charge in [-0.25, -0.2) is 4.79 Å². The number of benzene rings is 2. The summed E-state index contributed by atoms with van der Waals surface area (Å²) in [5, 5.41) is 8.95. The summed E-state index contributed by atoms with van der Waals surface area (Å²) >= 11 is 0. The summed E-state index contributed by atoms with van der Waals surface area (Å²) in [5.41, 5.74) is 2.15. The van der Waals surface area contributed by atoms with Crippen LogP contribution in [0.2, 0.25) is 0 Å². The van der Waals surface area contributed by atoms with Gasteiger partial charge in [-0.05, 0) is 67.0 Å². The fourth-order valence-electron chi connectivity index (χ4n) is 4.78. The molecule has 0 aromatic heterocycles. The molecule has 2 aromatic rings. The first kappa shape index (κ1) is 25.1. The zero-order valence-electron chi connectivity index (χ0n) is 20.3. The molecule has 1 fully saturated rings. The molecule has 0 spiro atoms. The van der Waals surface area contributed by atoms with E-state index in [1.165, 1.54) is 64.7 Å². The van der Waals surface area contributed by atoms with Gasteiger partial charge in [0, 0.05) is 0 Å². The van der Waals surface area contributed by atoms with E-state index >= 15 is 0 Å². The average Bonchev–Trinajstić information content (AvgIpc) is 2.84. The summed E-state index contributed by atoms with van der Waals surface area (Å²) in [6, 6.07) is 15.7. The lowest BCUT2D eigenvalue weighted by atomic mass is 9.78. The van der Waals surface area contributed by atoms with E-state index in [4.69, 9.17) is 14.6 Å². The molecule has 1 aliphatic carbocycles. The van der Waals surface area contributed by atoms with Crippen molar-refractivity contribution in [2.24, 2.45) is 11.8 Å². The topological polar surface area (TPSA) is 55.8 Å². The summed E-state index contributed by atoms with van der Waals surface area (Å²) in [7, 11) is 0. The van der Waals surface area contributed by atoms with E-state index in [-0.39, 0.29) is 0 Å². The van der Waals surface area contributed by atoms with Crippen molar-refractivity contribution in [1.29, 1.82) is 0 Å². The van der Waals surface area contributed by atoms with Crippen LogP contribution >= 0.6 is 0 Å². The Kier molecular flexibility index (Phi) is 10.1. The van der Waals surface area contributed by atoms with E-state index in [0.29, 0.717) is 5.75 Å². The van der Waals surface area contributed by atoms with Gasteiger partial charge >= 0.3 is 5.97 Å². The Labute approximate surface area is 199 Å². The van der Waals surface area contributed by atoms with Gasteiger partial charge < -0.3 is 14.6 Å². The minimum Gasteiger partial charge on any atom is -0.494 e. The normalized spacial score (nSPS) is 19.1. The second-order valence-corrected chi connectivity index (χ2v) is 9.52. The molecule has 0 bridgehead atoms. The van der Waals surface area contributed by atoms with E-state index in [0.717, 1.165) is 41.7 Å². The molecule has 4 heteroatoms. The summed E-state index contributed by atoms with van der Waals surface area (Å²) in [6.45, 7) is 4.59. The third-order valence-corrected chi connectivity index (χ3v) is 6.91. The first-order chi connectivity index (χ1) is 16.0. The molecule has 0 saturated heterocycles. The number of carboxylic acid groups (broad SMARTS) is 1. The van der Waals surface area contributed by atoms with Gasteiger partial charge in [0.15, 0.2) is 6.10 Å². The van der Waals surface area contributed by atoms with Gasteiger partial charge in [-0.3, -0.25) is 0 Å². The lowest BCUT2D eigenvalue weighted by molar-refractivity contribution is -0.144. The highest BCUT2D eigenvalue weighted by Crippen LogP contribution is 2.34. The largest absolute Gasteiger partial charge is 0.494 e. The minimum absolute atomic E-state index is 0.554. The summed E-state index contributed by atoms with van der Waals surface area (Å²) in [5.74, 6) is 2.37. The van der Waals surface area contributed by atoms with Gasteiger partial charge in [-0.2, -0.15) is 0 Å². The molecular formula is C29H40O4. The van der Waals surface area contributed by atoms with Crippen molar-refractivity contribution in [3.05, 3.63) is 48.5 Å². The Morgan fingerprint density at radius 1 is 0.848 bits per heavy atom. The number of unbranched alkanes of at least 4 members (excludes halogenated alkanes) is 2. The molecule has 33 heavy (non-hydrogen) atoms. The number of carboxylic acids is 1. The molecule has 0 amide bonds. The average molecular weight is 453 g/mol. The zero-order chi connectivity index (χ0) is 23.5. The van der Waals surface area contributed by atoms with Crippen molar-refractivity contribution in [2.45, 2.75) is 84.2 Å². The highest BCUT2D eigenvalue weighted by molar-refractivity contribution is 5.72. The predicted octanol–water partition coefficient (Wildman–Crippen LogP) is 7.75. The van der Waals surface area contributed by atoms with Gasteiger partial charge in [-0.15, -0.1) is 0 Å². The Bertz CT molecular complexity index is 820. The summed E-state index contributed by atoms with van der Waals surface area (Å²) < 4.78 is 11.4. The van der Waals surface area contributed by atoms with Crippen molar-refractivity contribution in [3.63, 3.8) is 0 Å². The number of hydrogen-bond acceptors (Lipinski definition) is 3. The van der Waals surface area contributed by atoms with E-state index < -0.39 is 12.1 Å². The van der Waals surface area contributed by atoms with Gasteiger partial charge in [0.25, 0.3) is 0 Å². The van der Waals surface area contributed by atoms with E-state index in [2.05, 4.69) is 19.1 Å². The highest BCUT2D eigenvalue weighted by atomic mass is 16.5. The van der Waals surface area contributed by atoms with Crippen molar-refractivity contribution < 1.29 is 19.4 Å². The van der Waals surface area contributed by atoms with Crippen LogP contribution in [-0.4, -0.2) is 23.8 Å². The fraction of sp³-hybridized carbons (Fsp3) is 0.552. The van der Waals surface area contributed by atoms with Crippen molar-refractivity contribution in [1.82, 2.24) is 0 Å². The number of hydrogen-bond donors (Lipinski definition) is 1. The van der Waals surface area contributed by atoms with E-state index in [1.54, 1.807) is 12.1 Å². The lowest BCUT2D eigenvalue weighted by Crippen LogP contribution is -2.22. The molecule has 1 unspecified atom stereocenters. The van der Waals surface area contributed by atoms with Crippen molar-refractivity contribution >= 4 is 5.97 Å². The Morgan fingerprint density at radius 3 is 1.88 bits per heavy atom. The van der Waals surface area contributed by atoms with Gasteiger partial charge in [-0.1, -0.05) is 82.6 Å². The molecule has 0 radical (unpaired) electrons. The Morgan fingerprint density at radius 2 is 1.36 bits per heavy atom. The smallest absolute Gasteiger partial charge is 0.344 e. The van der Waals surface area contributed by atoms with Crippen LogP contribution in [-0.2, 0) is 4.79 Å². The third kappa shape index (κ3) is 8.42. The van der Waals surface area contributed by atoms with Crippen molar-refractivity contribution in [2.75, 3.05) is 6.61 Å². The standard InChI is InChI=1S/C29H40O4/c1-3-4-5-7-23-9-11-24(12-10-23)8-6-21-32-27-17-13-25(14-18-27)26-15-19-28(20-16-26)33-22(2)29(30)31/h13-20,22-24H,3-12,21H2,1-2H3,(H,30,31). The molecule has 180 valence electrons. The SMILES string of the molecule is CCCCCC1CCC(CCCOc2ccc(-c3ccc(OC(C)C(=O)O)cc3)cc2)CC1. The third-order valence-electron chi connectivity index (χ3n) is 6.91. The van der Waals surface area contributed by atoms with E-state index in [1.807, 2.05) is 24.3 Å². The number of carbonyl (C=O) groups is 1. The monoisotopic (exact) mass is 452 g/mol. The molecule has 0 heterocycles. The van der Waals surface area contributed by atoms with Gasteiger partial charge in [0.1, 0.15) is 11.5 Å². The second-order valence-electron chi connectivity index (χ2n) is 9.52. The molecule has 1 aliphatic rings. The molecule has 1 atom stereocenters. The first-order valence-corrected chi connectivity index (χ1v) is 12.8. The van der Waals surface area contributed by atoms with Crippen LogP contribution in [0.5, 0.6) is 11.5 Å². The molecule has 1 N–H and O–H groups in total. The van der Waals surface area contributed by atoms with Gasteiger partial charge in [0.05, 0.1) is 6.61 Å². The molecule has 3 rings (SSSR count). The Balaban J connectivity index is 1.35. The highest BCUT2D eigenvalue weighted by Gasteiger charge is 2.20. The summed E-state index contributed by atoms with van der Waals surface area (Å²) in [4.78, 5) is 10.9. The maximum atomic E-state index is 10.9. The molecule has 4 nitrogen and oxygen atoms in total. The number of rotatable bonds is 13. The number of ether oxygens (including phenoxy) is 2. The minimum atomic E-state index is -0.972. The van der Waals surface area contributed by atoms with Crippen LogP contribution in [0.15, 0.2) is 48.5 Å². The second kappa shape index (κ2) is 13.3. The maximum absolute atomic E-state index is 10.9. The van der Waals surface area contributed by atoms with Crippen LogP contribution in [0, 0.1) is 11.8 Å². The molecule has 2 aromatic carbocycles. The van der Waals surface area contributed by atoms with E-state index in [9.17, 15) is 4.79 Å². The zero-order valence-corrected chi connectivity index (χ0v) is 20.3. The fourth-order valence-corrected chi connectivity index (χ4v) is 4.78. The van der Waals surface area contributed by atoms with Crippen LogP contribution < -0.4 is 9.47 Å². The molecular weight excluding hydrogens is 412 g/mol. The molecule has 1 saturated carbocycles. The van der Waals surface area contributed by atoms with Crippen molar-refractivity contribution in [3.8, 4) is 22.6 Å². The maximum Gasteiger partial charge on any atom is 0.344 e. The summed E-state index contributed by atoms with van der Waals surface area (Å²) in [6.07, 6.45) is 12.8. The van der Waals surface area contributed by atoms with Gasteiger partial charge in [0.2, 0.25) is 0 Å². The van der Waals surface area contributed by atoms with Crippen LogP contribution in [0.1, 0.15) is 78.1 Å². The number of aliphatic carboxylic acids is 1.